The molecule has 2 atom stereocenters. The Kier molecular flexibility index (Phi) is 10.0. The van der Waals surface area contributed by atoms with E-state index in [1.54, 1.807) is 43.3 Å². The molecule has 0 saturated carbocycles. The van der Waals surface area contributed by atoms with Crippen molar-refractivity contribution in [2.24, 2.45) is 5.73 Å². The number of thiazole rings is 1. The molecule has 19 heteroatoms. The molecule has 0 unspecified atom stereocenters. The summed E-state index contributed by atoms with van der Waals surface area (Å²) in [7, 11) is 0. The highest BCUT2D eigenvalue weighted by Crippen LogP contribution is 2.46. The topological polar surface area (TPSA) is 234 Å². The normalized spacial score (nSPS) is 16.4. The number of ether oxygens (including phenoxy) is 2. The number of esters is 1. The number of benzene rings is 3. The highest BCUT2D eigenvalue weighted by molar-refractivity contribution is 7.18. The van der Waals surface area contributed by atoms with Gasteiger partial charge in [0.25, 0.3) is 11.5 Å². The van der Waals surface area contributed by atoms with E-state index < -0.39 is 65.0 Å². The van der Waals surface area contributed by atoms with E-state index in [0.717, 1.165) is 29.0 Å². The van der Waals surface area contributed by atoms with Crippen molar-refractivity contribution in [2.75, 3.05) is 18.5 Å². The molecular weight excluding hydrogens is 829 g/mol. The Morgan fingerprint density at radius 3 is 2.52 bits per heavy atom. The van der Waals surface area contributed by atoms with Crippen LogP contribution < -0.4 is 32.0 Å². The predicted octanol–water partition coefficient (Wildman–Crippen LogP) is 3.03. The number of cyclic esters (lactones) is 1. The lowest BCUT2D eigenvalue weighted by Gasteiger charge is -2.31. The van der Waals surface area contributed by atoms with Crippen LogP contribution in [0.2, 0.25) is 0 Å². The van der Waals surface area contributed by atoms with Gasteiger partial charge in [0.15, 0.2) is 17.2 Å². The quantitative estimate of drug-likeness (QED) is 0.119. The Morgan fingerprint density at radius 2 is 1.76 bits per heavy atom. The monoisotopic (exact) mass is 863 g/mol. The second kappa shape index (κ2) is 15.4. The summed E-state index contributed by atoms with van der Waals surface area (Å²) < 4.78 is 43.4. The van der Waals surface area contributed by atoms with Crippen LogP contribution in [-0.2, 0) is 61.9 Å². The van der Waals surface area contributed by atoms with Crippen LogP contribution in [0.1, 0.15) is 56.5 Å². The number of amides is 4. The second-order valence-electron chi connectivity index (χ2n) is 15.1. The summed E-state index contributed by atoms with van der Waals surface area (Å²) in [6.45, 7) is 0.910. The van der Waals surface area contributed by atoms with E-state index in [1.807, 2.05) is 0 Å². The standard InChI is InChI=1S/C43H35F2N7O9S/c1-2-43(59)24-12-30-36-22(17-52(30)41(57)23(24)18-61-42(43)58)20-8-9-60-38-35(20)28(50-36)14-26(45)37(38)51-33(54)16-47-40(56)29(10-19-6-4-3-5-7-19)48-32(53)15-34-49-27-13-25(44)21(39(46)55)11-31(27)62-34/h3-7,11-14,29,59H,2,8-10,15-18H2,1H3,(H2,46,55)(H,47,56)(H,48,53)(H,51,54)/t29-,43-/m0/s1. The van der Waals surface area contributed by atoms with Crippen molar-refractivity contribution in [1.82, 2.24) is 25.2 Å². The molecule has 3 aliphatic heterocycles. The molecule has 0 bridgehead atoms. The van der Waals surface area contributed by atoms with E-state index in [1.165, 1.54) is 10.6 Å². The highest BCUT2D eigenvalue weighted by Gasteiger charge is 2.46. The van der Waals surface area contributed by atoms with E-state index in [2.05, 4.69) is 20.9 Å². The van der Waals surface area contributed by atoms with Crippen LogP contribution in [0.25, 0.3) is 32.5 Å². The van der Waals surface area contributed by atoms with Crippen LogP contribution in [0.3, 0.4) is 0 Å². The SMILES string of the molecule is CC[C@@]1(O)C(=O)OCc2c1cc1n(c2=O)Cc2c-1nc1cc(F)c(NC(=O)CNC(=O)[C@H](Cc3ccccc3)NC(=O)Cc3nc4cc(F)c(C(N)=O)cc4s3)c3c1c2CCO3. The number of carbonyl (C=O) groups is 5. The Balaban J connectivity index is 0.937. The second-order valence-corrected chi connectivity index (χ2v) is 16.2. The smallest absolute Gasteiger partial charge is 0.343 e. The number of pyridine rings is 2. The Bertz CT molecular complexity index is 3010. The lowest BCUT2D eigenvalue weighted by Crippen LogP contribution is -2.49. The summed E-state index contributed by atoms with van der Waals surface area (Å²) in [5.74, 6) is -5.61. The summed E-state index contributed by atoms with van der Waals surface area (Å²) in [6, 6.07) is 12.7. The first-order chi connectivity index (χ1) is 29.7. The molecule has 9 rings (SSSR count). The molecular formula is C43H35F2N7O9S. The average molecular weight is 864 g/mol. The molecule has 0 radical (unpaired) electrons. The van der Waals surface area contributed by atoms with Gasteiger partial charge < -0.3 is 40.8 Å². The number of hydrogen-bond donors (Lipinski definition) is 5. The van der Waals surface area contributed by atoms with Gasteiger partial charge in [-0.2, -0.15) is 0 Å². The van der Waals surface area contributed by atoms with Crippen LogP contribution >= 0.6 is 11.3 Å². The Morgan fingerprint density at radius 1 is 0.984 bits per heavy atom. The molecule has 6 heterocycles. The third-order valence-electron chi connectivity index (χ3n) is 11.3. The molecule has 0 saturated heterocycles. The lowest BCUT2D eigenvalue weighted by molar-refractivity contribution is -0.172. The van der Waals surface area contributed by atoms with E-state index in [-0.39, 0.29) is 78.2 Å². The van der Waals surface area contributed by atoms with Crippen LogP contribution in [-0.4, -0.2) is 68.4 Å². The molecule has 0 spiro atoms. The zero-order valence-electron chi connectivity index (χ0n) is 32.7. The van der Waals surface area contributed by atoms with Gasteiger partial charge in [0, 0.05) is 41.5 Å². The van der Waals surface area contributed by atoms with Crippen LogP contribution in [0.4, 0.5) is 14.5 Å². The zero-order chi connectivity index (χ0) is 43.6. The van der Waals surface area contributed by atoms with E-state index in [9.17, 15) is 38.3 Å². The van der Waals surface area contributed by atoms with E-state index in [0.29, 0.717) is 44.0 Å². The van der Waals surface area contributed by atoms with Crippen molar-refractivity contribution in [3.8, 4) is 17.1 Å². The van der Waals surface area contributed by atoms with Gasteiger partial charge in [-0.1, -0.05) is 37.3 Å². The van der Waals surface area contributed by atoms with Crippen molar-refractivity contribution in [2.45, 2.75) is 57.4 Å². The van der Waals surface area contributed by atoms with E-state index in [4.69, 9.17) is 20.2 Å². The Hall–Kier alpha value is -7.12. The first-order valence-corrected chi connectivity index (χ1v) is 20.3. The van der Waals surface area contributed by atoms with Crippen molar-refractivity contribution < 1.29 is 47.3 Å². The molecule has 6 N–H and O–H groups in total. The fraction of sp³-hybridized carbons (Fsp3) is 0.256. The van der Waals surface area contributed by atoms with Crippen LogP contribution in [0, 0.1) is 11.6 Å². The number of aromatic nitrogens is 3. The van der Waals surface area contributed by atoms with Gasteiger partial charge in [-0.25, -0.2) is 23.5 Å². The van der Waals surface area contributed by atoms with Crippen molar-refractivity contribution in [3.05, 3.63) is 115 Å². The number of halogens is 2. The summed E-state index contributed by atoms with van der Waals surface area (Å²) in [5, 5.41) is 19.7. The number of nitrogens with two attached hydrogens (primary N) is 1. The molecule has 316 valence electrons. The summed E-state index contributed by atoms with van der Waals surface area (Å²) >= 11 is 1.06. The Labute approximate surface area is 353 Å². The minimum absolute atomic E-state index is 0.0239. The molecule has 0 aliphatic carbocycles. The third kappa shape index (κ3) is 6.88. The number of aliphatic hydroxyl groups is 1. The summed E-state index contributed by atoms with van der Waals surface area (Å²) in [5.41, 5.74) is 5.79. The van der Waals surface area contributed by atoms with Gasteiger partial charge in [0.2, 0.25) is 17.7 Å². The van der Waals surface area contributed by atoms with E-state index >= 15 is 4.39 Å². The molecule has 3 aliphatic rings. The average Bonchev–Trinajstić information content (AvgIpc) is 3.82. The van der Waals surface area contributed by atoms with Gasteiger partial charge in [0.05, 0.1) is 64.4 Å². The zero-order valence-corrected chi connectivity index (χ0v) is 33.5. The minimum atomic E-state index is -2.02. The number of fused-ring (bicyclic) bond motifs is 6. The molecule has 62 heavy (non-hydrogen) atoms. The van der Waals surface area contributed by atoms with Crippen LogP contribution in [0.5, 0.6) is 5.75 Å². The highest BCUT2D eigenvalue weighted by atomic mass is 32.1. The predicted molar refractivity (Wildman–Crippen MR) is 219 cm³/mol. The molecule has 3 aromatic heterocycles. The van der Waals surface area contributed by atoms with Crippen molar-refractivity contribution in [3.63, 3.8) is 0 Å². The van der Waals surface area contributed by atoms with Crippen molar-refractivity contribution >= 4 is 67.7 Å². The number of carbonyl (C=O) groups excluding carboxylic acids is 5. The van der Waals surface area contributed by atoms with Gasteiger partial charge in [-0.05, 0) is 29.7 Å². The maximum atomic E-state index is 16.0. The number of nitrogens with zero attached hydrogens (tertiary/aromatic N) is 3. The number of rotatable bonds is 11. The summed E-state index contributed by atoms with van der Waals surface area (Å²) in [4.78, 5) is 87.2. The third-order valence-corrected chi connectivity index (χ3v) is 12.3. The first-order valence-electron chi connectivity index (χ1n) is 19.5. The largest absolute Gasteiger partial charge is 0.490 e. The maximum Gasteiger partial charge on any atom is 0.343 e. The fourth-order valence-electron chi connectivity index (χ4n) is 8.24. The molecule has 6 aromatic rings. The maximum absolute atomic E-state index is 16.0. The summed E-state index contributed by atoms with van der Waals surface area (Å²) in [6.07, 6.45) is 0.113. The molecule has 3 aromatic carbocycles. The molecule has 16 nitrogen and oxygen atoms in total. The van der Waals surface area contributed by atoms with Gasteiger partial charge in [-0.15, -0.1) is 11.3 Å². The minimum Gasteiger partial charge on any atom is -0.490 e. The number of hydrogen-bond acceptors (Lipinski definition) is 12. The van der Waals surface area contributed by atoms with Crippen LogP contribution in [0.15, 0.2) is 59.4 Å². The first kappa shape index (κ1) is 40.3. The van der Waals surface area contributed by atoms with Gasteiger partial charge in [-0.3, -0.25) is 24.0 Å². The fourth-order valence-corrected chi connectivity index (χ4v) is 9.22. The van der Waals surface area contributed by atoms with Gasteiger partial charge in [0.1, 0.15) is 29.2 Å². The number of nitrogens with one attached hydrogen (secondary N) is 3. The van der Waals surface area contributed by atoms with Crippen molar-refractivity contribution in [1.29, 1.82) is 0 Å². The van der Waals surface area contributed by atoms with Gasteiger partial charge >= 0.3 is 5.97 Å². The number of anilines is 1. The lowest BCUT2D eigenvalue weighted by atomic mass is 9.86. The molecule has 0 fully saturated rings. The molecule has 4 amide bonds. The number of primary amides is 1.